The van der Waals surface area contributed by atoms with E-state index in [2.05, 4.69) is 23.2 Å². The van der Waals surface area contributed by atoms with Gasteiger partial charge in [-0.3, -0.25) is 0 Å². The highest BCUT2D eigenvalue weighted by Gasteiger charge is 2.00. The molecule has 0 spiro atoms. The first-order valence-electron chi connectivity index (χ1n) is 3.11. The van der Waals surface area contributed by atoms with Crippen LogP contribution in [0.3, 0.4) is 0 Å². The molecule has 0 radical (unpaired) electrons. The SMILES string of the molecule is C=CSc1nc(C)n(C=C)n1. The van der Waals surface area contributed by atoms with Crippen LogP contribution in [0.25, 0.3) is 6.20 Å². The number of aromatic nitrogens is 3. The lowest BCUT2D eigenvalue weighted by Crippen LogP contribution is -1.89. The Morgan fingerprint density at radius 3 is 2.73 bits per heavy atom. The minimum Gasteiger partial charge on any atom is -0.225 e. The van der Waals surface area contributed by atoms with Crippen molar-refractivity contribution in [2.24, 2.45) is 0 Å². The van der Waals surface area contributed by atoms with E-state index in [0.29, 0.717) is 5.16 Å². The molecule has 58 valence electrons. The van der Waals surface area contributed by atoms with Gasteiger partial charge >= 0.3 is 0 Å². The molecule has 1 heterocycles. The van der Waals surface area contributed by atoms with Gasteiger partial charge in [0.15, 0.2) is 0 Å². The predicted molar refractivity (Wildman–Crippen MR) is 47.2 cm³/mol. The van der Waals surface area contributed by atoms with Crippen LogP contribution in [0.4, 0.5) is 0 Å². The van der Waals surface area contributed by atoms with Crippen LogP contribution in [0.2, 0.25) is 0 Å². The highest BCUT2D eigenvalue weighted by Crippen LogP contribution is 2.13. The van der Waals surface area contributed by atoms with Gasteiger partial charge in [-0.2, -0.15) is 0 Å². The summed E-state index contributed by atoms with van der Waals surface area (Å²) in [4.78, 5) is 4.14. The van der Waals surface area contributed by atoms with E-state index in [4.69, 9.17) is 0 Å². The predicted octanol–water partition coefficient (Wildman–Crippen LogP) is 1.92. The number of nitrogens with zero attached hydrogens (tertiary/aromatic N) is 3. The Bertz CT molecular complexity index is 277. The molecule has 11 heavy (non-hydrogen) atoms. The zero-order valence-electron chi connectivity index (χ0n) is 6.32. The Morgan fingerprint density at radius 1 is 1.55 bits per heavy atom. The van der Waals surface area contributed by atoms with E-state index in [1.807, 2.05) is 6.92 Å². The molecule has 0 bridgehead atoms. The molecule has 1 rings (SSSR count). The van der Waals surface area contributed by atoms with E-state index in [1.165, 1.54) is 11.8 Å². The van der Waals surface area contributed by atoms with Crippen LogP contribution in [0.15, 0.2) is 23.7 Å². The molecule has 0 aliphatic heterocycles. The summed E-state index contributed by atoms with van der Waals surface area (Å²) < 4.78 is 1.63. The molecule has 0 saturated carbocycles. The van der Waals surface area contributed by atoms with Gasteiger partial charge in [0.25, 0.3) is 0 Å². The first-order chi connectivity index (χ1) is 5.27. The van der Waals surface area contributed by atoms with E-state index >= 15 is 0 Å². The Hall–Kier alpha value is -1.03. The molecule has 0 unspecified atom stereocenters. The molecule has 0 aromatic carbocycles. The lowest BCUT2D eigenvalue weighted by molar-refractivity contribution is 0.859. The summed E-state index contributed by atoms with van der Waals surface area (Å²) in [5.74, 6) is 0.837. The Labute approximate surface area is 69.8 Å². The number of hydrogen-bond donors (Lipinski definition) is 0. The lowest BCUT2D eigenvalue weighted by Gasteiger charge is -1.87. The van der Waals surface area contributed by atoms with Gasteiger partial charge in [-0.1, -0.05) is 24.9 Å². The van der Waals surface area contributed by atoms with Crippen LogP contribution < -0.4 is 0 Å². The van der Waals surface area contributed by atoms with E-state index in [-0.39, 0.29) is 0 Å². The molecule has 0 aliphatic carbocycles. The van der Waals surface area contributed by atoms with Gasteiger partial charge in [-0.15, -0.1) is 5.10 Å². The molecule has 3 nitrogen and oxygen atoms in total. The fourth-order valence-corrected chi connectivity index (χ4v) is 1.14. The van der Waals surface area contributed by atoms with Crippen LogP contribution in [0.5, 0.6) is 0 Å². The normalized spacial score (nSPS) is 9.55. The number of aryl methyl sites for hydroxylation is 1. The van der Waals surface area contributed by atoms with Crippen molar-refractivity contribution < 1.29 is 0 Å². The van der Waals surface area contributed by atoms with Crippen molar-refractivity contribution in [1.29, 1.82) is 0 Å². The van der Waals surface area contributed by atoms with Crippen molar-refractivity contribution in [3.8, 4) is 0 Å². The molecular weight excluding hydrogens is 158 g/mol. The summed E-state index contributed by atoms with van der Waals surface area (Å²) in [5.41, 5.74) is 0. The largest absolute Gasteiger partial charge is 0.225 e. The summed E-state index contributed by atoms with van der Waals surface area (Å²) in [6.07, 6.45) is 1.62. The summed E-state index contributed by atoms with van der Waals surface area (Å²) in [5, 5.41) is 6.50. The van der Waals surface area contributed by atoms with Crippen molar-refractivity contribution in [3.05, 3.63) is 24.4 Å². The third-order valence-electron chi connectivity index (χ3n) is 1.14. The quantitative estimate of drug-likeness (QED) is 0.644. The maximum atomic E-state index is 4.14. The van der Waals surface area contributed by atoms with Crippen LogP contribution in [-0.4, -0.2) is 14.8 Å². The third kappa shape index (κ3) is 1.71. The van der Waals surface area contributed by atoms with Crippen molar-refractivity contribution in [1.82, 2.24) is 14.8 Å². The minimum absolute atomic E-state index is 0.706. The standard InChI is InChI=1S/C7H9N3S/c1-4-10-6(3)8-7(9-10)11-5-2/h4-5H,1-2H2,3H3. The van der Waals surface area contributed by atoms with Crippen molar-refractivity contribution >= 4 is 18.0 Å². The Morgan fingerprint density at radius 2 is 2.27 bits per heavy atom. The number of thioether (sulfide) groups is 1. The molecule has 0 aliphatic rings. The molecule has 1 aromatic heterocycles. The first-order valence-corrected chi connectivity index (χ1v) is 3.99. The highest BCUT2D eigenvalue weighted by molar-refractivity contribution is 8.01. The molecule has 0 amide bonds. The number of hydrogen-bond acceptors (Lipinski definition) is 3. The van der Waals surface area contributed by atoms with Crippen LogP contribution in [0.1, 0.15) is 5.82 Å². The van der Waals surface area contributed by atoms with Crippen molar-refractivity contribution in [2.75, 3.05) is 0 Å². The Balaban J connectivity index is 2.94. The van der Waals surface area contributed by atoms with E-state index < -0.39 is 0 Å². The fourth-order valence-electron chi connectivity index (χ4n) is 0.674. The minimum atomic E-state index is 0.706. The Kier molecular flexibility index (Phi) is 2.48. The summed E-state index contributed by atoms with van der Waals surface area (Å²) in [6.45, 7) is 9.04. The summed E-state index contributed by atoms with van der Waals surface area (Å²) >= 11 is 1.40. The molecule has 0 saturated heterocycles. The molecular formula is C7H9N3S. The van der Waals surface area contributed by atoms with Crippen molar-refractivity contribution in [2.45, 2.75) is 12.1 Å². The maximum Gasteiger partial charge on any atom is 0.213 e. The average Bonchev–Trinajstić information content (AvgIpc) is 2.32. The zero-order chi connectivity index (χ0) is 8.27. The van der Waals surface area contributed by atoms with Gasteiger partial charge in [-0.25, -0.2) is 9.67 Å². The molecule has 0 fully saturated rings. The van der Waals surface area contributed by atoms with Crippen LogP contribution in [-0.2, 0) is 0 Å². The van der Waals surface area contributed by atoms with Gasteiger partial charge in [0, 0.05) is 6.20 Å². The second kappa shape index (κ2) is 3.39. The lowest BCUT2D eigenvalue weighted by atomic mass is 10.7. The van der Waals surface area contributed by atoms with Gasteiger partial charge in [-0.05, 0) is 12.3 Å². The van der Waals surface area contributed by atoms with Crippen LogP contribution >= 0.6 is 11.8 Å². The molecule has 1 aromatic rings. The first kappa shape index (κ1) is 8.07. The topological polar surface area (TPSA) is 30.7 Å². The highest BCUT2D eigenvalue weighted by atomic mass is 32.2. The smallest absolute Gasteiger partial charge is 0.213 e. The summed E-state index contributed by atoms with van der Waals surface area (Å²) in [6, 6.07) is 0. The van der Waals surface area contributed by atoms with E-state index in [9.17, 15) is 0 Å². The van der Waals surface area contributed by atoms with Gasteiger partial charge in [0.1, 0.15) is 5.82 Å². The molecule has 0 atom stereocenters. The molecule has 0 N–H and O–H groups in total. The van der Waals surface area contributed by atoms with Gasteiger partial charge in [0.05, 0.1) is 0 Å². The fraction of sp³-hybridized carbons (Fsp3) is 0.143. The maximum absolute atomic E-state index is 4.14. The third-order valence-corrected chi connectivity index (χ3v) is 1.69. The second-order valence-electron chi connectivity index (χ2n) is 1.85. The zero-order valence-corrected chi connectivity index (χ0v) is 7.14. The van der Waals surface area contributed by atoms with E-state index in [0.717, 1.165) is 5.82 Å². The van der Waals surface area contributed by atoms with Crippen molar-refractivity contribution in [3.63, 3.8) is 0 Å². The second-order valence-corrected chi connectivity index (χ2v) is 2.79. The number of rotatable bonds is 3. The van der Waals surface area contributed by atoms with Crippen LogP contribution in [0, 0.1) is 6.92 Å². The van der Waals surface area contributed by atoms with Gasteiger partial charge < -0.3 is 0 Å². The van der Waals surface area contributed by atoms with Gasteiger partial charge in [0.2, 0.25) is 5.16 Å². The monoisotopic (exact) mass is 167 g/mol. The van der Waals surface area contributed by atoms with E-state index in [1.54, 1.807) is 16.3 Å². The summed E-state index contributed by atoms with van der Waals surface area (Å²) in [7, 11) is 0. The average molecular weight is 167 g/mol. The molecule has 4 heteroatoms.